The average molecular weight is 329 g/mol. The van der Waals surface area contributed by atoms with Crippen molar-refractivity contribution in [2.75, 3.05) is 6.61 Å². The van der Waals surface area contributed by atoms with Crippen LogP contribution in [0.1, 0.15) is 56.7 Å². The summed E-state index contributed by atoms with van der Waals surface area (Å²) in [5, 5.41) is 0. The summed E-state index contributed by atoms with van der Waals surface area (Å²) in [6.07, 6.45) is 10.6. The summed E-state index contributed by atoms with van der Waals surface area (Å²) in [4.78, 5) is 4.29. The summed E-state index contributed by atoms with van der Waals surface area (Å²) < 4.78 is 19.7. The topological polar surface area (TPSA) is 22.1 Å². The van der Waals surface area contributed by atoms with Crippen LogP contribution in [0.3, 0.4) is 0 Å². The number of aryl methyl sites for hydroxylation is 2. The zero-order chi connectivity index (χ0) is 17.0. The van der Waals surface area contributed by atoms with Gasteiger partial charge in [0.1, 0.15) is 0 Å². The number of rotatable bonds is 11. The van der Waals surface area contributed by atoms with E-state index >= 15 is 0 Å². The molecule has 130 valence electrons. The predicted molar refractivity (Wildman–Crippen MR) is 96.9 cm³/mol. The summed E-state index contributed by atoms with van der Waals surface area (Å²) in [5.41, 5.74) is 2.01. The summed E-state index contributed by atoms with van der Waals surface area (Å²) in [6, 6.07) is 11.2. The van der Waals surface area contributed by atoms with Gasteiger partial charge in [-0.05, 0) is 49.1 Å². The van der Waals surface area contributed by atoms with Crippen LogP contribution in [-0.4, -0.2) is 11.6 Å². The number of halogens is 1. The molecule has 0 aliphatic carbocycles. The van der Waals surface area contributed by atoms with E-state index in [-0.39, 0.29) is 5.82 Å². The minimum absolute atomic E-state index is 0.264. The molecule has 1 aromatic heterocycles. The Morgan fingerprint density at radius 3 is 2.54 bits per heavy atom. The van der Waals surface area contributed by atoms with Crippen LogP contribution in [0, 0.1) is 5.82 Å². The molecule has 0 spiro atoms. The lowest BCUT2D eigenvalue weighted by atomic mass is 10.1. The van der Waals surface area contributed by atoms with Gasteiger partial charge in [0.2, 0.25) is 0 Å². The Morgan fingerprint density at radius 2 is 1.79 bits per heavy atom. The van der Waals surface area contributed by atoms with E-state index in [0.717, 1.165) is 36.9 Å². The molecule has 0 saturated heterocycles. The standard InChI is InChI=1S/C21H28FNO/c1-2-3-4-5-6-9-16-24-21-14-12-18(17-20(21)22)11-13-19-10-7-8-15-23-19/h7-8,10,12,14-15,17H,2-6,9,11,13,16H2,1H3. The molecule has 1 heterocycles. The smallest absolute Gasteiger partial charge is 0.165 e. The molecule has 0 aliphatic heterocycles. The zero-order valence-electron chi connectivity index (χ0n) is 14.6. The van der Waals surface area contributed by atoms with Gasteiger partial charge in [-0.1, -0.05) is 51.2 Å². The van der Waals surface area contributed by atoms with Gasteiger partial charge in [-0.2, -0.15) is 0 Å². The second kappa shape index (κ2) is 10.8. The Bertz CT molecular complexity index is 586. The molecule has 0 atom stereocenters. The van der Waals surface area contributed by atoms with Crippen molar-refractivity contribution >= 4 is 0 Å². The first kappa shape index (κ1) is 18.4. The molecule has 0 aliphatic rings. The fourth-order valence-electron chi connectivity index (χ4n) is 2.70. The molecule has 0 unspecified atom stereocenters. The summed E-state index contributed by atoms with van der Waals surface area (Å²) >= 11 is 0. The Hall–Kier alpha value is -1.90. The van der Waals surface area contributed by atoms with Gasteiger partial charge in [0.05, 0.1) is 6.61 Å². The van der Waals surface area contributed by atoms with E-state index in [1.165, 1.54) is 25.7 Å². The van der Waals surface area contributed by atoms with Crippen molar-refractivity contribution in [3.05, 3.63) is 59.7 Å². The van der Waals surface area contributed by atoms with Crippen molar-refractivity contribution in [3.8, 4) is 5.75 Å². The lowest BCUT2D eigenvalue weighted by Gasteiger charge is -2.09. The molecule has 0 fully saturated rings. The average Bonchev–Trinajstić information content (AvgIpc) is 2.61. The van der Waals surface area contributed by atoms with E-state index in [9.17, 15) is 4.39 Å². The molecule has 2 nitrogen and oxygen atoms in total. The molecule has 0 N–H and O–H groups in total. The molecule has 1 aromatic carbocycles. The van der Waals surface area contributed by atoms with Crippen molar-refractivity contribution < 1.29 is 9.13 Å². The van der Waals surface area contributed by atoms with Gasteiger partial charge >= 0.3 is 0 Å². The summed E-state index contributed by atoms with van der Waals surface area (Å²) in [6.45, 7) is 2.81. The molecule has 0 radical (unpaired) electrons. The monoisotopic (exact) mass is 329 g/mol. The van der Waals surface area contributed by atoms with Crippen LogP contribution < -0.4 is 4.74 Å². The van der Waals surface area contributed by atoms with E-state index in [2.05, 4.69) is 11.9 Å². The van der Waals surface area contributed by atoms with E-state index in [4.69, 9.17) is 4.74 Å². The molecule has 24 heavy (non-hydrogen) atoms. The highest BCUT2D eigenvalue weighted by Crippen LogP contribution is 2.20. The number of ether oxygens (including phenoxy) is 1. The van der Waals surface area contributed by atoms with E-state index in [1.54, 1.807) is 18.3 Å². The minimum atomic E-state index is -0.264. The third-order valence-electron chi connectivity index (χ3n) is 4.15. The third kappa shape index (κ3) is 6.69. The highest BCUT2D eigenvalue weighted by molar-refractivity contribution is 5.29. The molecule has 3 heteroatoms. The van der Waals surface area contributed by atoms with Gasteiger partial charge in [-0.15, -0.1) is 0 Å². The predicted octanol–water partition coefficient (Wildman–Crippen LogP) is 5.75. The number of pyridine rings is 1. The van der Waals surface area contributed by atoms with Gasteiger partial charge in [0.15, 0.2) is 11.6 Å². The van der Waals surface area contributed by atoms with Crippen molar-refractivity contribution in [2.24, 2.45) is 0 Å². The van der Waals surface area contributed by atoms with Gasteiger partial charge in [-0.25, -0.2) is 4.39 Å². The van der Waals surface area contributed by atoms with Crippen LogP contribution in [0.4, 0.5) is 4.39 Å². The summed E-state index contributed by atoms with van der Waals surface area (Å²) in [7, 11) is 0. The quantitative estimate of drug-likeness (QED) is 0.490. The lowest BCUT2D eigenvalue weighted by Crippen LogP contribution is -2.00. The second-order valence-corrected chi connectivity index (χ2v) is 6.20. The van der Waals surface area contributed by atoms with Crippen LogP contribution in [0.25, 0.3) is 0 Å². The maximum absolute atomic E-state index is 14.1. The third-order valence-corrected chi connectivity index (χ3v) is 4.15. The Balaban J connectivity index is 1.71. The SMILES string of the molecule is CCCCCCCCOc1ccc(CCc2ccccn2)cc1F. The largest absolute Gasteiger partial charge is 0.491 e. The molecule has 0 amide bonds. The van der Waals surface area contributed by atoms with Crippen molar-refractivity contribution in [3.63, 3.8) is 0 Å². The zero-order valence-corrected chi connectivity index (χ0v) is 14.6. The fourth-order valence-corrected chi connectivity index (χ4v) is 2.70. The second-order valence-electron chi connectivity index (χ2n) is 6.20. The molecule has 2 aromatic rings. The van der Waals surface area contributed by atoms with E-state index in [0.29, 0.717) is 12.4 Å². The Morgan fingerprint density at radius 1 is 0.958 bits per heavy atom. The highest BCUT2D eigenvalue weighted by atomic mass is 19.1. The molecule has 0 saturated carbocycles. The first-order valence-corrected chi connectivity index (χ1v) is 9.10. The fraction of sp³-hybridized carbons (Fsp3) is 0.476. The van der Waals surface area contributed by atoms with Crippen molar-refractivity contribution in [2.45, 2.75) is 58.3 Å². The van der Waals surface area contributed by atoms with Crippen LogP contribution in [0.5, 0.6) is 5.75 Å². The minimum Gasteiger partial charge on any atom is -0.491 e. The number of nitrogens with zero attached hydrogens (tertiary/aromatic N) is 1. The molecule has 0 bridgehead atoms. The van der Waals surface area contributed by atoms with Gasteiger partial charge in [0, 0.05) is 11.9 Å². The van der Waals surface area contributed by atoms with Crippen LogP contribution in [0.2, 0.25) is 0 Å². The number of aromatic nitrogens is 1. The van der Waals surface area contributed by atoms with Crippen LogP contribution in [0.15, 0.2) is 42.6 Å². The lowest BCUT2D eigenvalue weighted by molar-refractivity contribution is 0.290. The van der Waals surface area contributed by atoms with Gasteiger partial charge in [-0.3, -0.25) is 4.98 Å². The number of hydrogen-bond acceptors (Lipinski definition) is 2. The normalized spacial score (nSPS) is 10.8. The Labute approximate surface area is 145 Å². The molecule has 2 rings (SSSR count). The van der Waals surface area contributed by atoms with Crippen LogP contribution in [-0.2, 0) is 12.8 Å². The number of unbranched alkanes of at least 4 members (excludes halogenated alkanes) is 5. The Kier molecular flexibility index (Phi) is 8.29. The van der Waals surface area contributed by atoms with Crippen molar-refractivity contribution in [1.82, 2.24) is 4.98 Å². The number of benzene rings is 1. The van der Waals surface area contributed by atoms with Crippen LogP contribution >= 0.6 is 0 Å². The first-order chi connectivity index (χ1) is 11.8. The maximum atomic E-state index is 14.1. The van der Waals surface area contributed by atoms with Crippen molar-refractivity contribution in [1.29, 1.82) is 0 Å². The highest BCUT2D eigenvalue weighted by Gasteiger charge is 2.05. The van der Waals surface area contributed by atoms with Gasteiger partial charge < -0.3 is 4.74 Å². The molecular weight excluding hydrogens is 301 g/mol. The summed E-state index contributed by atoms with van der Waals surface area (Å²) in [5.74, 6) is 0.102. The van der Waals surface area contributed by atoms with E-state index < -0.39 is 0 Å². The maximum Gasteiger partial charge on any atom is 0.165 e. The molecular formula is C21H28FNO. The van der Waals surface area contributed by atoms with E-state index in [1.807, 2.05) is 24.3 Å². The number of hydrogen-bond donors (Lipinski definition) is 0. The van der Waals surface area contributed by atoms with Gasteiger partial charge in [0.25, 0.3) is 0 Å². The first-order valence-electron chi connectivity index (χ1n) is 9.10.